The molecule has 0 aliphatic carbocycles. The Hall–Kier alpha value is -1.81. The third-order valence-electron chi connectivity index (χ3n) is 3.98. The van der Waals surface area contributed by atoms with Crippen LogP contribution in [0.3, 0.4) is 0 Å². The molecule has 1 aromatic carbocycles. The smallest absolute Gasteiger partial charge is 0.311 e. The lowest BCUT2D eigenvalue weighted by Crippen LogP contribution is -2.51. The quantitative estimate of drug-likeness (QED) is 0.778. The maximum atomic E-state index is 11.4. The number of aromatic amines is 1. The van der Waals surface area contributed by atoms with E-state index in [0.29, 0.717) is 0 Å². The molecule has 0 saturated heterocycles. The van der Waals surface area contributed by atoms with E-state index in [1.807, 2.05) is 24.3 Å². The molecule has 0 spiro atoms. The lowest BCUT2D eigenvalue weighted by Gasteiger charge is -2.37. The van der Waals surface area contributed by atoms with Crippen LogP contribution in [0.2, 0.25) is 0 Å². The van der Waals surface area contributed by atoms with Crippen molar-refractivity contribution in [1.29, 1.82) is 0 Å². The molecule has 2 rings (SSSR count). The molecule has 1 atom stereocenters. The van der Waals surface area contributed by atoms with Gasteiger partial charge in [0, 0.05) is 17.1 Å². The van der Waals surface area contributed by atoms with E-state index in [9.17, 15) is 9.90 Å². The monoisotopic (exact) mass is 246 g/mol. The number of nitrogens with two attached hydrogens (primary N) is 1. The van der Waals surface area contributed by atoms with Gasteiger partial charge in [0.1, 0.15) is 0 Å². The highest BCUT2D eigenvalue weighted by Crippen LogP contribution is 2.40. The van der Waals surface area contributed by atoms with Gasteiger partial charge in [0.2, 0.25) is 0 Å². The highest BCUT2D eigenvalue weighted by atomic mass is 16.4. The number of carboxylic acid groups (broad SMARTS) is 1. The van der Waals surface area contributed by atoms with Gasteiger partial charge < -0.3 is 15.8 Å². The van der Waals surface area contributed by atoms with Crippen molar-refractivity contribution in [2.24, 2.45) is 11.1 Å². The van der Waals surface area contributed by atoms with Crippen LogP contribution in [-0.2, 0) is 10.3 Å². The van der Waals surface area contributed by atoms with Gasteiger partial charge in [0.05, 0.1) is 11.0 Å². The first kappa shape index (κ1) is 12.6. The van der Waals surface area contributed by atoms with Crippen molar-refractivity contribution in [1.82, 2.24) is 4.98 Å². The number of aromatic nitrogens is 1. The molecular weight excluding hydrogens is 228 g/mol. The first-order valence-corrected chi connectivity index (χ1v) is 5.87. The van der Waals surface area contributed by atoms with Crippen molar-refractivity contribution in [3.05, 3.63) is 36.0 Å². The number of rotatable bonds is 3. The molecule has 0 amide bonds. The summed E-state index contributed by atoms with van der Waals surface area (Å²) < 4.78 is 0. The van der Waals surface area contributed by atoms with Gasteiger partial charge in [-0.15, -0.1) is 0 Å². The molecule has 4 heteroatoms. The first-order chi connectivity index (χ1) is 8.28. The molecule has 96 valence electrons. The van der Waals surface area contributed by atoms with Crippen LogP contribution in [0.5, 0.6) is 0 Å². The van der Waals surface area contributed by atoms with E-state index in [1.54, 1.807) is 27.0 Å². The van der Waals surface area contributed by atoms with Crippen LogP contribution in [0, 0.1) is 5.41 Å². The van der Waals surface area contributed by atoms with Crippen LogP contribution >= 0.6 is 0 Å². The predicted molar refractivity (Wildman–Crippen MR) is 71.3 cm³/mol. The number of para-hydroxylation sites is 1. The van der Waals surface area contributed by atoms with Crippen LogP contribution in [0.25, 0.3) is 10.9 Å². The van der Waals surface area contributed by atoms with Crippen LogP contribution in [0.15, 0.2) is 30.5 Å². The Morgan fingerprint density at radius 2 is 1.89 bits per heavy atom. The number of hydrogen-bond donors (Lipinski definition) is 3. The fourth-order valence-electron chi connectivity index (χ4n) is 2.06. The van der Waals surface area contributed by atoms with Crippen LogP contribution in [0.4, 0.5) is 0 Å². The van der Waals surface area contributed by atoms with E-state index in [0.717, 1.165) is 16.5 Å². The third-order valence-corrected chi connectivity index (χ3v) is 3.98. The van der Waals surface area contributed by atoms with E-state index < -0.39 is 16.9 Å². The summed E-state index contributed by atoms with van der Waals surface area (Å²) in [5.74, 6) is -0.905. The second-order valence-electron chi connectivity index (χ2n) is 5.38. The third kappa shape index (κ3) is 1.61. The Kier molecular flexibility index (Phi) is 2.70. The number of H-pyrrole nitrogens is 1. The number of carbonyl (C=O) groups is 1. The summed E-state index contributed by atoms with van der Waals surface area (Å²) in [4.78, 5) is 14.5. The Morgan fingerprint density at radius 1 is 1.28 bits per heavy atom. The zero-order chi connectivity index (χ0) is 13.6. The molecule has 0 radical (unpaired) electrons. The van der Waals surface area contributed by atoms with E-state index in [1.165, 1.54) is 0 Å². The van der Waals surface area contributed by atoms with Crippen molar-refractivity contribution in [2.45, 2.75) is 26.3 Å². The summed E-state index contributed by atoms with van der Waals surface area (Å²) >= 11 is 0. The average molecular weight is 246 g/mol. The largest absolute Gasteiger partial charge is 0.481 e. The number of carboxylic acids is 1. The maximum Gasteiger partial charge on any atom is 0.311 e. The Morgan fingerprint density at radius 3 is 2.50 bits per heavy atom. The zero-order valence-corrected chi connectivity index (χ0v) is 10.8. The van der Waals surface area contributed by atoms with E-state index in [2.05, 4.69) is 4.98 Å². The van der Waals surface area contributed by atoms with Gasteiger partial charge in [0.25, 0.3) is 0 Å². The molecule has 4 nitrogen and oxygen atoms in total. The highest BCUT2D eigenvalue weighted by molar-refractivity contribution is 5.86. The molecular formula is C14H18N2O2. The molecule has 0 fully saturated rings. The van der Waals surface area contributed by atoms with Gasteiger partial charge in [-0.2, -0.15) is 0 Å². The molecule has 0 saturated carbocycles. The van der Waals surface area contributed by atoms with Gasteiger partial charge in [-0.3, -0.25) is 4.79 Å². The van der Waals surface area contributed by atoms with Gasteiger partial charge >= 0.3 is 5.97 Å². The van der Waals surface area contributed by atoms with Crippen molar-refractivity contribution in [3.63, 3.8) is 0 Å². The second-order valence-corrected chi connectivity index (χ2v) is 5.38. The number of fused-ring (bicyclic) bond motifs is 1. The molecule has 18 heavy (non-hydrogen) atoms. The minimum Gasteiger partial charge on any atom is -0.481 e. The van der Waals surface area contributed by atoms with Crippen LogP contribution in [-0.4, -0.2) is 16.1 Å². The molecule has 4 N–H and O–H groups in total. The molecule has 1 aromatic heterocycles. The van der Waals surface area contributed by atoms with Crippen molar-refractivity contribution < 1.29 is 9.90 Å². The number of aliphatic carboxylic acids is 1. The fourth-order valence-corrected chi connectivity index (χ4v) is 2.06. The van der Waals surface area contributed by atoms with Crippen LogP contribution in [0.1, 0.15) is 26.3 Å². The molecule has 2 aromatic rings. The molecule has 1 unspecified atom stereocenters. The highest BCUT2D eigenvalue weighted by Gasteiger charge is 2.46. The minimum atomic E-state index is -1.06. The Labute approximate surface area is 106 Å². The molecule has 0 bridgehead atoms. The van der Waals surface area contributed by atoms with E-state index in [-0.39, 0.29) is 0 Å². The van der Waals surface area contributed by atoms with E-state index in [4.69, 9.17) is 5.73 Å². The topological polar surface area (TPSA) is 79.1 Å². The average Bonchev–Trinajstić information content (AvgIpc) is 2.72. The number of benzene rings is 1. The minimum absolute atomic E-state index is 0.825. The molecule has 0 aliphatic rings. The lowest BCUT2D eigenvalue weighted by atomic mass is 9.70. The normalized spacial score (nSPS) is 15.6. The maximum absolute atomic E-state index is 11.4. The number of nitrogens with one attached hydrogen (secondary N) is 1. The summed E-state index contributed by atoms with van der Waals surface area (Å²) in [5, 5.41) is 10.3. The molecule has 1 heterocycles. The first-order valence-electron chi connectivity index (χ1n) is 5.87. The standard InChI is InChI=1S/C14H18N2O2/c1-13(2,12(17)18)14(3,15)10-8-16-11-7-5-4-6-9(10)11/h4-8,16H,15H2,1-3H3,(H,17,18). The van der Waals surface area contributed by atoms with Gasteiger partial charge in [-0.05, 0) is 32.4 Å². The fraction of sp³-hybridized carbons (Fsp3) is 0.357. The van der Waals surface area contributed by atoms with Gasteiger partial charge in [0.15, 0.2) is 0 Å². The SMILES string of the molecule is CC(C)(C(=O)O)C(C)(N)c1c[nH]c2ccccc12. The van der Waals surface area contributed by atoms with Crippen molar-refractivity contribution in [3.8, 4) is 0 Å². The zero-order valence-electron chi connectivity index (χ0n) is 10.8. The van der Waals surface area contributed by atoms with Gasteiger partial charge in [-0.25, -0.2) is 0 Å². The van der Waals surface area contributed by atoms with Crippen molar-refractivity contribution in [2.75, 3.05) is 0 Å². The summed E-state index contributed by atoms with van der Waals surface area (Å²) in [7, 11) is 0. The number of hydrogen-bond acceptors (Lipinski definition) is 2. The molecule has 0 aliphatic heterocycles. The lowest BCUT2D eigenvalue weighted by molar-refractivity contribution is -0.150. The Balaban J connectivity index is 2.64. The summed E-state index contributed by atoms with van der Waals surface area (Å²) in [5.41, 5.74) is 6.10. The van der Waals surface area contributed by atoms with Gasteiger partial charge in [-0.1, -0.05) is 18.2 Å². The second kappa shape index (κ2) is 3.85. The van der Waals surface area contributed by atoms with E-state index >= 15 is 0 Å². The summed E-state index contributed by atoms with van der Waals surface area (Å²) in [6.07, 6.45) is 1.80. The Bertz CT molecular complexity index is 597. The summed E-state index contributed by atoms with van der Waals surface area (Å²) in [6.45, 7) is 5.06. The van der Waals surface area contributed by atoms with Crippen LogP contribution < -0.4 is 5.73 Å². The summed E-state index contributed by atoms with van der Waals surface area (Å²) in [6, 6.07) is 7.75. The predicted octanol–water partition coefficient (Wildman–Crippen LogP) is 2.45. The van der Waals surface area contributed by atoms with Crippen molar-refractivity contribution >= 4 is 16.9 Å².